The number of unbranched alkanes of at least 4 members (excludes halogenated alkanes) is 3. The average molecular weight is 344 g/mol. The van der Waals surface area contributed by atoms with Gasteiger partial charge < -0.3 is 4.57 Å². The molecule has 19 heavy (non-hydrogen) atoms. The third-order valence-electron chi connectivity index (χ3n) is 3.34. The van der Waals surface area contributed by atoms with Crippen molar-refractivity contribution in [3.8, 4) is 0 Å². The maximum Gasteiger partial charge on any atom is 0.111 e. The quantitative estimate of drug-likeness (QED) is 0.501. The first-order chi connectivity index (χ1) is 9.26. The van der Waals surface area contributed by atoms with Crippen molar-refractivity contribution in [2.75, 3.05) is 5.88 Å². The molecule has 1 heterocycles. The van der Waals surface area contributed by atoms with Crippen LogP contribution in [0, 0.1) is 0 Å². The number of hydrogen-bond donors (Lipinski definition) is 0. The predicted octanol–water partition coefficient (Wildman–Crippen LogP) is 5.16. The maximum absolute atomic E-state index is 5.89. The first-order valence-electron chi connectivity index (χ1n) is 6.97. The largest absolute Gasteiger partial charge is 0.328 e. The number of fused-ring (bicyclic) bond motifs is 1. The summed E-state index contributed by atoms with van der Waals surface area (Å²) in [6.45, 7) is 3.29. The van der Waals surface area contributed by atoms with Crippen molar-refractivity contribution >= 4 is 38.6 Å². The molecule has 2 nitrogen and oxygen atoms in total. The number of halogens is 2. The van der Waals surface area contributed by atoms with Crippen LogP contribution in [0.4, 0.5) is 0 Å². The highest BCUT2D eigenvalue weighted by Gasteiger charge is 2.10. The van der Waals surface area contributed by atoms with Gasteiger partial charge >= 0.3 is 0 Å². The van der Waals surface area contributed by atoms with Crippen LogP contribution in [0.5, 0.6) is 0 Å². The van der Waals surface area contributed by atoms with E-state index in [0.717, 1.165) is 28.8 Å². The summed E-state index contributed by atoms with van der Waals surface area (Å²) in [7, 11) is 0. The molecule has 0 spiro atoms. The number of benzene rings is 1. The smallest absolute Gasteiger partial charge is 0.111 e. The lowest BCUT2D eigenvalue weighted by Crippen LogP contribution is -2.05. The summed E-state index contributed by atoms with van der Waals surface area (Å²) in [5.74, 6) is 1.74. The number of nitrogens with zero attached hydrogens (tertiary/aromatic N) is 2. The van der Waals surface area contributed by atoms with Crippen molar-refractivity contribution in [2.45, 2.75) is 45.6 Å². The summed E-state index contributed by atoms with van der Waals surface area (Å²) in [5, 5.41) is 0. The minimum absolute atomic E-state index is 0.624. The van der Waals surface area contributed by atoms with Crippen LogP contribution in [0.15, 0.2) is 22.7 Å². The van der Waals surface area contributed by atoms with E-state index in [1.807, 2.05) is 0 Å². The Morgan fingerprint density at radius 2 is 2.11 bits per heavy atom. The number of hydrogen-bond acceptors (Lipinski definition) is 1. The van der Waals surface area contributed by atoms with Gasteiger partial charge in [-0.3, -0.25) is 0 Å². The van der Waals surface area contributed by atoms with Crippen LogP contribution in [0.1, 0.15) is 38.4 Å². The molecule has 2 rings (SSSR count). The molecule has 0 amide bonds. The second-order valence-corrected chi connectivity index (χ2v) is 6.11. The minimum atomic E-state index is 0.624. The Hall–Kier alpha value is -0.540. The van der Waals surface area contributed by atoms with Gasteiger partial charge in [-0.15, -0.1) is 11.6 Å². The molecule has 0 atom stereocenters. The fraction of sp³-hybridized carbons (Fsp3) is 0.533. The molecular formula is C15H20BrClN2. The summed E-state index contributed by atoms with van der Waals surface area (Å²) in [5.41, 5.74) is 2.28. The van der Waals surface area contributed by atoms with Gasteiger partial charge in [-0.2, -0.15) is 0 Å². The zero-order valence-electron chi connectivity index (χ0n) is 11.3. The third kappa shape index (κ3) is 3.73. The Bertz CT molecular complexity index is 536. The van der Waals surface area contributed by atoms with Gasteiger partial charge in [-0.25, -0.2) is 4.98 Å². The van der Waals surface area contributed by atoms with Crippen LogP contribution in [-0.4, -0.2) is 15.4 Å². The van der Waals surface area contributed by atoms with E-state index < -0.39 is 0 Å². The summed E-state index contributed by atoms with van der Waals surface area (Å²) in [6, 6.07) is 6.30. The average Bonchev–Trinajstić information content (AvgIpc) is 2.72. The Labute approximate surface area is 128 Å². The number of aryl methyl sites for hydroxylation is 2. The lowest BCUT2D eigenvalue weighted by molar-refractivity contribution is 0.576. The molecular weight excluding hydrogens is 324 g/mol. The van der Waals surface area contributed by atoms with Gasteiger partial charge in [0.25, 0.3) is 0 Å². The Morgan fingerprint density at radius 1 is 1.26 bits per heavy atom. The fourth-order valence-corrected chi connectivity index (χ4v) is 2.89. The molecule has 4 heteroatoms. The van der Waals surface area contributed by atoms with Gasteiger partial charge in [-0.05, 0) is 24.6 Å². The molecule has 0 aliphatic rings. The van der Waals surface area contributed by atoms with Gasteiger partial charge in [0.15, 0.2) is 0 Å². The van der Waals surface area contributed by atoms with Gasteiger partial charge in [0.2, 0.25) is 0 Å². The first kappa shape index (κ1) is 14.9. The highest BCUT2D eigenvalue weighted by molar-refractivity contribution is 9.10. The Balaban J connectivity index is 2.24. The van der Waals surface area contributed by atoms with E-state index in [9.17, 15) is 0 Å². The molecule has 0 saturated heterocycles. The molecule has 1 aromatic carbocycles. The standard InChI is InChI=1S/C15H20BrClN2/c1-2-3-4-5-10-19-14-7-6-12(16)11-13(14)18-15(19)8-9-17/h6-7,11H,2-5,8-10H2,1H3. The molecule has 0 aliphatic carbocycles. The van der Waals surface area contributed by atoms with E-state index in [0.29, 0.717) is 5.88 Å². The predicted molar refractivity (Wildman–Crippen MR) is 86.0 cm³/mol. The molecule has 0 aliphatic heterocycles. The fourth-order valence-electron chi connectivity index (χ4n) is 2.37. The monoisotopic (exact) mass is 342 g/mol. The van der Waals surface area contributed by atoms with Crippen molar-refractivity contribution in [3.63, 3.8) is 0 Å². The third-order valence-corrected chi connectivity index (χ3v) is 4.02. The van der Waals surface area contributed by atoms with Crippen LogP contribution in [0.25, 0.3) is 11.0 Å². The zero-order chi connectivity index (χ0) is 13.7. The number of rotatable bonds is 7. The summed E-state index contributed by atoms with van der Waals surface area (Å²) in [4.78, 5) is 4.71. The summed E-state index contributed by atoms with van der Waals surface area (Å²) >= 11 is 9.39. The van der Waals surface area contributed by atoms with Crippen LogP contribution in [0.3, 0.4) is 0 Å². The highest BCUT2D eigenvalue weighted by atomic mass is 79.9. The number of imidazole rings is 1. The zero-order valence-corrected chi connectivity index (χ0v) is 13.7. The van der Waals surface area contributed by atoms with E-state index in [-0.39, 0.29) is 0 Å². The van der Waals surface area contributed by atoms with Crippen molar-refractivity contribution in [1.29, 1.82) is 0 Å². The van der Waals surface area contributed by atoms with Crippen molar-refractivity contribution < 1.29 is 0 Å². The van der Waals surface area contributed by atoms with Crippen molar-refractivity contribution in [1.82, 2.24) is 9.55 Å². The second kappa shape index (κ2) is 7.30. The molecule has 0 radical (unpaired) electrons. The van der Waals surface area contributed by atoms with E-state index in [4.69, 9.17) is 16.6 Å². The minimum Gasteiger partial charge on any atom is -0.328 e. The van der Waals surface area contributed by atoms with E-state index in [2.05, 4.69) is 45.6 Å². The van der Waals surface area contributed by atoms with E-state index in [1.165, 1.54) is 31.2 Å². The van der Waals surface area contributed by atoms with Crippen LogP contribution >= 0.6 is 27.5 Å². The van der Waals surface area contributed by atoms with E-state index >= 15 is 0 Å². The van der Waals surface area contributed by atoms with Crippen LogP contribution in [0.2, 0.25) is 0 Å². The molecule has 0 bridgehead atoms. The molecule has 1 aromatic heterocycles. The second-order valence-electron chi connectivity index (χ2n) is 4.81. The van der Waals surface area contributed by atoms with Gasteiger partial charge in [0.1, 0.15) is 5.82 Å². The van der Waals surface area contributed by atoms with Crippen LogP contribution in [-0.2, 0) is 13.0 Å². The van der Waals surface area contributed by atoms with E-state index in [1.54, 1.807) is 0 Å². The number of alkyl halides is 1. The lowest BCUT2D eigenvalue weighted by atomic mass is 10.2. The summed E-state index contributed by atoms with van der Waals surface area (Å²) in [6.07, 6.45) is 5.91. The molecule has 2 aromatic rings. The normalized spacial score (nSPS) is 11.3. The molecule has 0 saturated carbocycles. The van der Waals surface area contributed by atoms with Gasteiger partial charge in [0.05, 0.1) is 11.0 Å². The molecule has 0 unspecified atom stereocenters. The lowest BCUT2D eigenvalue weighted by Gasteiger charge is -2.08. The maximum atomic E-state index is 5.89. The Kier molecular flexibility index (Phi) is 5.71. The topological polar surface area (TPSA) is 17.8 Å². The van der Waals surface area contributed by atoms with Gasteiger partial charge in [-0.1, -0.05) is 42.1 Å². The highest BCUT2D eigenvalue weighted by Crippen LogP contribution is 2.22. The number of aromatic nitrogens is 2. The first-order valence-corrected chi connectivity index (χ1v) is 8.29. The summed E-state index contributed by atoms with van der Waals surface area (Å²) < 4.78 is 3.41. The molecule has 0 N–H and O–H groups in total. The van der Waals surface area contributed by atoms with Crippen molar-refractivity contribution in [2.24, 2.45) is 0 Å². The van der Waals surface area contributed by atoms with Crippen LogP contribution < -0.4 is 0 Å². The van der Waals surface area contributed by atoms with Gasteiger partial charge in [0, 0.05) is 23.3 Å². The molecule has 104 valence electrons. The SMILES string of the molecule is CCCCCCn1c(CCCl)nc2cc(Br)ccc21. The Morgan fingerprint density at radius 3 is 2.84 bits per heavy atom. The van der Waals surface area contributed by atoms with Crippen molar-refractivity contribution in [3.05, 3.63) is 28.5 Å². The molecule has 0 fully saturated rings.